The third-order valence-electron chi connectivity index (χ3n) is 7.39. The maximum Gasteiger partial charge on any atom is 0.116 e. The van der Waals surface area contributed by atoms with Crippen LogP contribution in [0, 0.1) is 69.2 Å². The van der Waals surface area contributed by atoms with Crippen molar-refractivity contribution >= 4 is 0 Å². The Labute approximate surface area is 167 Å². The molecule has 1 nitrogen and oxygen atoms in total. The molecule has 0 amide bonds. The van der Waals surface area contributed by atoms with Crippen molar-refractivity contribution in [3.05, 3.63) is 66.8 Å². The van der Waals surface area contributed by atoms with Gasteiger partial charge in [0.15, 0.2) is 0 Å². The fourth-order valence-corrected chi connectivity index (χ4v) is 4.99. The summed E-state index contributed by atoms with van der Waals surface area (Å²) < 4.78 is 6.62. The Balaban J connectivity index is 3.04. The predicted octanol–water partition coefficient (Wildman–Crippen LogP) is 7.07. The highest BCUT2D eigenvalue weighted by Crippen LogP contribution is 2.44. The van der Waals surface area contributed by atoms with Gasteiger partial charge in [-0.2, -0.15) is 0 Å². The fraction of sp³-hybridized carbons (Fsp3) is 0.538. The van der Waals surface area contributed by atoms with Crippen LogP contribution in [0.2, 0.25) is 0 Å². The molecule has 27 heavy (non-hydrogen) atoms. The van der Waals surface area contributed by atoms with Crippen LogP contribution in [0.3, 0.4) is 0 Å². The third kappa shape index (κ3) is 3.14. The minimum absolute atomic E-state index is 0.455. The molecular formula is C26H38O. The second-order valence-corrected chi connectivity index (χ2v) is 8.47. The molecule has 0 heterocycles. The van der Waals surface area contributed by atoms with Crippen molar-refractivity contribution < 1.29 is 4.74 Å². The normalized spacial score (nSPS) is 12.0. The molecule has 0 spiro atoms. The standard InChI is InChI=1S/C26H38O/c1-13-27-26(12,24-20(8)16(4)14(2)17(5)21(24)9)25-22(10)18(6)15(3)19(7)23(25)11/h13H2,1-12H3. The molecular weight excluding hydrogens is 328 g/mol. The van der Waals surface area contributed by atoms with E-state index in [0.717, 1.165) is 0 Å². The topological polar surface area (TPSA) is 9.23 Å². The number of rotatable bonds is 4. The van der Waals surface area contributed by atoms with E-state index in [0.29, 0.717) is 6.61 Å². The molecule has 1 heteroatoms. The average molecular weight is 367 g/mol. The summed E-state index contributed by atoms with van der Waals surface area (Å²) in [7, 11) is 0. The van der Waals surface area contributed by atoms with Gasteiger partial charge in [-0.25, -0.2) is 0 Å². The Morgan fingerprint density at radius 2 is 0.704 bits per heavy atom. The van der Waals surface area contributed by atoms with Crippen LogP contribution in [-0.2, 0) is 10.3 Å². The smallest absolute Gasteiger partial charge is 0.116 e. The van der Waals surface area contributed by atoms with Gasteiger partial charge in [-0.05, 0) is 150 Å². The van der Waals surface area contributed by atoms with Crippen LogP contribution in [0.5, 0.6) is 0 Å². The lowest BCUT2D eigenvalue weighted by Gasteiger charge is -2.38. The van der Waals surface area contributed by atoms with Crippen molar-refractivity contribution in [2.24, 2.45) is 0 Å². The molecule has 148 valence electrons. The molecule has 0 N–H and O–H groups in total. The van der Waals surface area contributed by atoms with Gasteiger partial charge in [-0.3, -0.25) is 0 Å². The van der Waals surface area contributed by atoms with Gasteiger partial charge >= 0.3 is 0 Å². The van der Waals surface area contributed by atoms with Gasteiger partial charge in [-0.1, -0.05) is 0 Å². The summed E-state index contributed by atoms with van der Waals surface area (Å²) >= 11 is 0. The average Bonchev–Trinajstić information content (AvgIpc) is 2.62. The first-order valence-corrected chi connectivity index (χ1v) is 10.2. The zero-order valence-corrected chi connectivity index (χ0v) is 19.6. The third-order valence-corrected chi connectivity index (χ3v) is 7.39. The van der Waals surface area contributed by atoms with Crippen molar-refractivity contribution in [1.82, 2.24) is 0 Å². The summed E-state index contributed by atoms with van der Waals surface area (Å²) in [6.07, 6.45) is 0. The summed E-state index contributed by atoms with van der Waals surface area (Å²) in [6.45, 7) is 27.6. The Kier molecular flexibility index (Phi) is 5.97. The highest BCUT2D eigenvalue weighted by atomic mass is 16.5. The second kappa shape index (κ2) is 7.43. The van der Waals surface area contributed by atoms with Crippen LogP contribution >= 0.6 is 0 Å². The van der Waals surface area contributed by atoms with Crippen LogP contribution in [0.4, 0.5) is 0 Å². The highest BCUT2D eigenvalue weighted by Gasteiger charge is 2.37. The van der Waals surface area contributed by atoms with E-state index in [9.17, 15) is 0 Å². The molecule has 0 fully saturated rings. The molecule has 0 radical (unpaired) electrons. The molecule has 0 aliphatic rings. The minimum atomic E-state index is -0.455. The molecule has 2 rings (SSSR count). The van der Waals surface area contributed by atoms with E-state index in [2.05, 4.69) is 83.1 Å². The summed E-state index contributed by atoms with van der Waals surface area (Å²) in [5.74, 6) is 0. The molecule has 0 unspecified atom stereocenters. The molecule has 2 aromatic rings. The molecule has 0 aliphatic carbocycles. The number of benzene rings is 2. The van der Waals surface area contributed by atoms with E-state index >= 15 is 0 Å². The summed E-state index contributed by atoms with van der Waals surface area (Å²) in [6, 6.07) is 0. The Morgan fingerprint density at radius 3 is 0.926 bits per heavy atom. The second-order valence-electron chi connectivity index (χ2n) is 8.47. The maximum atomic E-state index is 6.62. The first-order chi connectivity index (χ1) is 12.4. The summed E-state index contributed by atoms with van der Waals surface area (Å²) in [5, 5.41) is 0. The Hall–Kier alpha value is -1.60. The molecule has 0 aromatic heterocycles. The van der Waals surface area contributed by atoms with Crippen LogP contribution in [-0.4, -0.2) is 6.61 Å². The first-order valence-electron chi connectivity index (χ1n) is 10.2. The van der Waals surface area contributed by atoms with Gasteiger partial charge in [0.05, 0.1) is 0 Å². The highest BCUT2D eigenvalue weighted by molar-refractivity contribution is 5.59. The van der Waals surface area contributed by atoms with Crippen LogP contribution in [0.15, 0.2) is 0 Å². The summed E-state index contributed by atoms with van der Waals surface area (Å²) in [4.78, 5) is 0. The van der Waals surface area contributed by atoms with E-state index in [1.165, 1.54) is 66.8 Å². The van der Waals surface area contributed by atoms with Crippen molar-refractivity contribution in [3.8, 4) is 0 Å². The van der Waals surface area contributed by atoms with Crippen LogP contribution < -0.4 is 0 Å². The van der Waals surface area contributed by atoms with E-state index in [1.54, 1.807) is 0 Å². The van der Waals surface area contributed by atoms with Gasteiger partial charge in [0.25, 0.3) is 0 Å². The van der Waals surface area contributed by atoms with Crippen LogP contribution in [0.1, 0.15) is 80.6 Å². The van der Waals surface area contributed by atoms with Gasteiger partial charge in [0, 0.05) is 6.61 Å². The molecule has 2 aromatic carbocycles. The number of hydrogen-bond donors (Lipinski definition) is 0. The SMILES string of the molecule is CCOC(C)(c1c(C)c(C)c(C)c(C)c1C)c1c(C)c(C)c(C)c(C)c1C. The fourth-order valence-electron chi connectivity index (χ4n) is 4.99. The van der Waals surface area contributed by atoms with E-state index in [1.807, 2.05) is 0 Å². The van der Waals surface area contributed by atoms with E-state index in [-0.39, 0.29) is 0 Å². The number of hydrogen-bond acceptors (Lipinski definition) is 1. The zero-order valence-electron chi connectivity index (χ0n) is 19.6. The van der Waals surface area contributed by atoms with Crippen LogP contribution in [0.25, 0.3) is 0 Å². The molecule has 0 bridgehead atoms. The number of ether oxygens (including phenoxy) is 1. The monoisotopic (exact) mass is 366 g/mol. The van der Waals surface area contributed by atoms with E-state index in [4.69, 9.17) is 4.74 Å². The largest absolute Gasteiger partial charge is 0.366 e. The minimum Gasteiger partial charge on any atom is -0.366 e. The van der Waals surface area contributed by atoms with Crippen molar-refractivity contribution in [2.75, 3.05) is 6.61 Å². The quantitative estimate of drug-likeness (QED) is 0.562. The van der Waals surface area contributed by atoms with Crippen molar-refractivity contribution in [2.45, 2.75) is 88.7 Å². The molecule has 0 atom stereocenters. The van der Waals surface area contributed by atoms with Gasteiger partial charge in [0.2, 0.25) is 0 Å². The van der Waals surface area contributed by atoms with Gasteiger partial charge in [0.1, 0.15) is 5.60 Å². The van der Waals surface area contributed by atoms with Gasteiger partial charge < -0.3 is 4.74 Å². The Bertz CT molecular complexity index is 772. The lowest BCUT2D eigenvalue weighted by molar-refractivity contribution is 0.00205. The maximum absolute atomic E-state index is 6.62. The van der Waals surface area contributed by atoms with E-state index < -0.39 is 5.60 Å². The molecule has 0 aliphatic heterocycles. The molecule has 0 saturated heterocycles. The summed E-state index contributed by atoms with van der Waals surface area (Å²) in [5.41, 5.74) is 16.0. The predicted molar refractivity (Wildman–Crippen MR) is 118 cm³/mol. The van der Waals surface area contributed by atoms with Crippen molar-refractivity contribution in [3.63, 3.8) is 0 Å². The van der Waals surface area contributed by atoms with Gasteiger partial charge in [-0.15, -0.1) is 0 Å². The Morgan fingerprint density at radius 1 is 0.481 bits per heavy atom. The lowest BCUT2D eigenvalue weighted by Crippen LogP contribution is -2.33. The first kappa shape index (κ1) is 21.7. The van der Waals surface area contributed by atoms with Crippen molar-refractivity contribution in [1.29, 1.82) is 0 Å². The lowest BCUT2D eigenvalue weighted by atomic mass is 9.73. The molecule has 0 saturated carbocycles. The zero-order chi connectivity index (χ0) is 20.8.